The second-order valence-corrected chi connectivity index (χ2v) is 7.24. The summed E-state index contributed by atoms with van der Waals surface area (Å²) in [5, 5.41) is 2.65. The first kappa shape index (κ1) is 20.5. The van der Waals surface area contributed by atoms with Gasteiger partial charge in [-0.1, -0.05) is 30.3 Å². The van der Waals surface area contributed by atoms with Crippen LogP contribution in [0, 0.1) is 0 Å². The van der Waals surface area contributed by atoms with Crippen molar-refractivity contribution in [1.29, 1.82) is 0 Å². The number of likely N-dealkylation sites (tertiary alicyclic amines) is 1. The Bertz CT molecular complexity index is 671. The predicted molar refractivity (Wildman–Crippen MR) is 96.9 cm³/mol. The Balaban J connectivity index is 1.99. The molecule has 148 valence electrons. The quantitative estimate of drug-likeness (QED) is 0.639. The van der Waals surface area contributed by atoms with Gasteiger partial charge in [-0.05, 0) is 32.8 Å². The highest BCUT2D eigenvalue weighted by Gasteiger charge is 2.45. The van der Waals surface area contributed by atoms with Crippen LogP contribution in [0.5, 0.6) is 0 Å². The molecule has 0 saturated carbocycles. The fourth-order valence-corrected chi connectivity index (χ4v) is 2.80. The maximum absolute atomic E-state index is 12.4. The Kier molecular flexibility index (Phi) is 6.65. The number of nitrogens with one attached hydrogen (secondary N) is 1. The summed E-state index contributed by atoms with van der Waals surface area (Å²) < 4.78 is 15.3. The fourth-order valence-electron chi connectivity index (χ4n) is 2.80. The number of hydrogen-bond donors (Lipinski definition) is 1. The summed E-state index contributed by atoms with van der Waals surface area (Å²) in [5.41, 5.74) is 0.150. The van der Waals surface area contributed by atoms with Gasteiger partial charge < -0.3 is 19.5 Å². The van der Waals surface area contributed by atoms with Crippen LogP contribution in [-0.2, 0) is 25.6 Å². The van der Waals surface area contributed by atoms with Crippen molar-refractivity contribution in [2.24, 2.45) is 0 Å². The number of rotatable bonds is 4. The molecular formula is C19H26N2O6. The van der Waals surface area contributed by atoms with Gasteiger partial charge in [0.15, 0.2) is 6.04 Å². The van der Waals surface area contributed by atoms with Gasteiger partial charge in [0.1, 0.15) is 12.2 Å². The van der Waals surface area contributed by atoms with E-state index < -0.39 is 35.8 Å². The van der Waals surface area contributed by atoms with Gasteiger partial charge in [-0.2, -0.15) is 0 Å². The van der Waals surface area contributed by atoms with E-state index in [4.69, 9.17) is 14.2 Å². The minimum Gasteiger partial charge on any atom is -0.467 e. The predicted octanol–water partition coefficient (Wildman–Crippen LogP) is 2.46. The number of carbonyl (C=O) groups is 3. The number of hydrogen-bond acceptors (Lipinski definition) is 6. The molecule has 0 aromatic heterocycles. The van der Waals surface area contributed by atoms with Crippen LogP contribution in [0.25, 0.3) is 0 Å². The number of amides is 2. The van der Waals surface area contributed by atoms with E-state index in [-0.39, 0.29) is 13.2 Å². The van der Waals surface area contributed by atoms with Gasteiger partial charge in [-0.15, -0.1) is 0 Å². The summed E-state index contributed by atoms with van der Waals surface area (Å²) in [6, 6.07) is 7.66. The van der Waals surface area contributed by atoms with Crippen LogP contribution in [0.2, 0.25) is 0 Å². The molecule has 2 atom stereocenters. The van der Waals surface area contributed by atoms with E-state index in [1.807, 2.05) is 30.3 Å². The van der Waals surface area contributed by atoms with Crippen molar-refractivity contribution in [3.8, 4) is 0 Å². The van der Waals surface area contributed by atoms with E-state index >= 15 is 0 Å². The number of benzene rings is 1. The minimum absolute atomic E-state index is 0.109. The molecule has 1 heterocycles. The molecule has 27 heavy (non-hydrogen) atoms. The summed E-state index contributed by atoms with van der Waals surface area (Å²) in [7, 11) is 1.23. The molecule has 1 aliphatic heterocycles. The molecule has 0 bridgehead atoms. The lowest BCUT2D eigenvalue weighted by atomic mass is 10.1. The first-order valence-electron chi connectivity index (χ1n) is 8.76. The SMILES string of the molecule is COC(=O)[C@@H]1[C@@H](NC(=O)OCc2ccccc2)CCN1C(=O)OC(C)(C)C. The van der Waals surface area contributed by atoms with E-state index in [0.29, 0.717) is 6.42 Å². The van der Waals surface area contributed by atoms with E-state index in [9.17, 15) is 14.4 Å². The zero-order valence-electron chi connectivity index (χ0n) is 16.1. The fraction of sp³-hybridized carbons (Fsp3) is 0.526. The zero-order chi connectivity index (χ0) is 20.0. The Hall–Kier alpha value is -2.77. The van der Waals surface area contributed by atoms with Gasteiger partial charge in [0.05, 0.1) is 13.2 Å². The molecule has 2 amide bonds. The first-order chi connectivity index (χ1) is 12.7. The Morgan fingerprint density at radius 3 is 2.44 bits per heavy atom. The molecule has 1 aromatic rings. The van der Waals surface area contributed by atoms with E-state index in [1.165, 1.54) is 12.0 Å². The standard InChI is InChI=1S/C19H26N2O6/c1-19(2,3)27-18(24)21-11-10-14(15(21)16(22)25-4)20-17(23)26-12-13-8-6-5-7-9-13/h5-9,14-15H,10-12H2,1-4H3,(H,20,23)/t14-,15-/m0/s1. The van der Waals surface area contributed by atoms with Crippen molar-refractivity contribution in [3.05, 3.63) is 35.9 Å². The van der Waals surface area contributed by atoms with Crippen molar-refractivity contribution in [2.45, 2.75) is 51.5 Å². The summed E-state index contributed by atoms with van der Waals surface area (Å²) in [4.78, 5) is 38.0. The first-order valence-corrected chi connectivity index (χ1v) is 8.76. The van der Waals surface area contributed by atoms with Crippen molar-refractivity contribution in [2.75, 3.05) is 13.7 Å². The van der Waals surface area contributed by atoms with Crippen LogP contribution < -0.4 is 5.32 Å². The highest BCUT2D eigenvalue weighted by atomic mass is 16.6. The van der Waals surface area contributed by atoms with Crippen LogP contribution in [0.1, 0.15) is 32.8 Å². The number of alkyl carbamates (subject to hydrolysis) is 1. The molecule has 1 aromatic carbocycles. The van der Waals surface area contributed by atoms with Gasteiger partial charge in [0.2, 0.25) is 0 Å². The van der Waals surface area contributed by atoms with E-state index in [0.717, 1.165) is 5.56 Å². The summed E-state index contributed by atoms with van der Waals surface area (Å²) in [5.74, 6) is -0.619. The van der Waals surface area contributed by atoms with Gasteiger partial charge in [0, 0.05) is 6.54 Å². The topological polar surface area (TPSA) is 94.2 Å². The second-order valence-electron chi connectivity index (χ2n) is 7.24. The third-order valence-electron chi connectivity index (χ3n) is 3.98. The average molecular weight is 378 g/mol. The summed E-state index contributed by atoms with van der Waals surface area (Å²) in [6.45, 7) is 5.59. The van der Waals surface area contributed by atoms with E-state index in [2.05, 4.69) is 5.32 Å². The van der Waals surface area contributed by atoms with Crippen LogP contribution in [-0.4, -0.2) is 54.4 Å². The van der Waals surface area contributed by atoms with Gasteiger partial charge in [0.25, 0.3) is 0 Å². The molecule has 0 aliphatic carbocycles. The number of nitrogens with zero attached hydrogens (tertiary/aromatic N) is 1. The molecule has 0 radical (unpaired) electrons. The van der Waals surface area contributed by atoms with Crippen molar-refractivity contribution in [1.82, 2.24) is 10.2 Å². The van der Waals surface area contributed by atoms with Gasteiger partial charge in [-0.25, -0.2) is 14.4 Å². The monoisotopic (exact) mass is 378 g/mol. The lowest BCUT2D eigenvalue weighted by Crippen LogP contribution is -2.52. The lowest BCUT2D eigenvalue weighted by Gasteiger charge is -2.29. The smallest absolute Gasteiger partial charge is 0.411 e. The second kappa shape index (κ2) is 8.75. The molecule has 0 spiro atoms. The van der Waals surface area contributed by atoms with Crippen LogP contribution >= 0.6 is 0 Å². The van der Waals surface area contributed by atoms with Crippen molar-refractivity contribution in [3.63, 3.8) is 0 Å². The summed E-state index contributed by atoms with van der Waals surface area (Å²) >= 11 is 0. The highest BCUT2D eigenvalue weighted by Crippen LogP contribution is 2.22. The highest BCUT2D eigenvalue weighted by molar-refractivity contribution is 5.84. The molecule has 8 nitrogen and oxygen atoms in total. The Morgan fingerprint density at radius 2 is 1.85 bits per heavy atom. The number of carbonyl (C=O) groups excluding carboxylic acids is 3. The number of esters is 1. The lowest BCUT2D eigenvalue weighted by molar-refractivity contribution is -0.146. The molecule has 1 aliphatic rings. The molecular weight excluding hydrogens is 352 g/mol. The number of methoxy groups -OCH3 is 1. The molecule has 0 unspecified atom stereocenters. The largest absolute Gasteiger partial charge is 0.467 e. The molecule has 8 heteroatoms. The normalized spacial score (nSPS) is 19.3. The van der Waals surface area contributed by atoms with Crippen LogP contribution in [0.15, 0.2) is 30.3 Å². The van der Waals surface area contributed by atoms with Gasteiger partial charge >= 0.3 is 18.2 Å². The van der Waals surface area contributed by atoms with Crippen LogP contribution in [0.3, 0.4) is 0 Å². The maximum atomic E-state index is 12.4. The third-order valence-corrected chi connectivity index (χ3v) is 3.98. The van der Waals surface area contributed by atoms with Crippen LogP contribution in [0.4, 0.5) is 9.59 Å². The Morgan fingerprint density at radius 1 is 1.19 bits per heavy atom. The molecule has 1 saturated heterocycles. The van der Waals surface area contributed by atoms with Gasteiger partial charge in [-0.3, -0.25) is 4.90 Å². The number of ether oxygens (including phenoxy) is 3. The summed E-state index contributed by atoms with van der Waals surface area (Å²) in [6.07, 6.45) is -0.900. The third kappa shape index (κ3) is 5.87. The molecule has 1 N–H and O–H groups in total. The Labute approximate surface area is 158 Å². The molecule has 2 rings (SSSR count). The van der Waals surface area contributed by atoms with Crippen molar-refractivity contribution >= 4 is 18.2 Å². The zero-order valence-corrected chi connectivity index (χ0v) is 16.1. The average Bonchev–Trinajstić information content (AvgIpc) is 3.02. The molecule has 1 fully saturated rings. The van der Waals surface area contributed by atoms with Crippen molar-refractivity contribution < 1.29 is 28.6 Å². The van der Waals surface area contributed by atoms with E-state index in [1.54, 1.807) is 20.8 Å². The maximum Gasteiger partial charge on any atom is 0.411 e. The minimum atomic E-state index is -0.964.